The summed E-state index contributed by atoms with van der Waals surface area (Å²) in [6, 6.07) is 6.18. The lowest BCUT2D eigenvalue weighted by Crippen LogP contribution is -2.24. The number of aromatic nitrogens is 2. The van der Waals surface area contributed by atoms with E-state index in [0.29, 0.717) is 22.8 Å². The van der Waals surface area contributed by atoms with E-state index < -0.39 is 0 Å². The van der Waals surface area contributed by atoms with Crippen LogP contribution in [-0.2, 0) is 0 Å². The smallest absolute Gasteiger partial charge is 0.225 e. The maximum Gasteiger partial charge on any atom is 0.225 e. The Labute approximate surface area is 141 Å². The molecule has 1 heterocycles. The van der Waals surface area contributed by atoms with Gasteiger partial charge in [0, 0.05) is 12.2 Å². The van der Waals surface area contributed by atoms with Gasteiger partial charge in [-0.1, -0.05) is 25.4 Å². The van der Waals surface area contributed by atoms with Crippen molar-refractivity contribution in [3.8, 4) is 0 Å². The summed E-state index contributed by atoms with van der Waals surface area (Å²) < 4.78 is 13.7. The highest BCUT2D eigenvalue weighted by atomic mass is 79.9. The summed E-state index contributed by atoms with van der Waals surface area (Å²) in [6.07, 6.45) is 0. The topological polar surface area (TPSA) is 29.0 Å². The van der Waals surface area contributed by atoms with Gasteiger partial charge in [-0.15, -0.1) is 0 Å². The molecule has 112 valence electrons. The highest BCUT2D eigenvalue weighted by Crippen LogP contribution is 2.35. The zero-order valence-corrected chi connectivity index (χ0v) is 14.5. The lowest BCUT2D eigenvalue weighted by atomic mass is 10.2. The molecule has 0 saturated heterocycles. The quantitative estimate of drug-likeness (QED) is 0.509. The molecule has 1 aromatic heterocycles. The van der Waals surface area contributed by atoms with E-state index in [1.165, 1.54) is 12.1 Å². The molecule has 2 aromatic rings. The van der Waals surface area contributed by atoms with E-state index in [0.717, 1.165) is 5.69 Å². The van der Waals surface area contributed by atoms with Crippen LogP contribution in [0.15, 0.2) is 28.7 Å². The third kappa shape index (κ3) is 4.05. The molecule has 0 aliphatic heterocycles. The van der Waals surface area contributed by atoms with Crippen molar-refractivity contribution in [1.29, 1.82) is 0 Å². The van der Waals surface area contributed by atoms with E-state index in [9.17, 15) is 4.39 Å². The number of hydrogen-bond acceptors (Lipinski definition) is 3. The molecule has 2 rings (SSSR count). The average molecular weight is 393 g/mol. The highest BCUT2D eigenvalue weighted by molar-refractivity contribution is 9.10. The highest BCUT2D eigenvalue weighted by Gasteiger charge is 2.19. The lowest BCUT2D eigenvalue weighted by Gasteiger charge is -2.26. The van der Waals surface area contributed by atoms with Gasteiger partial charge >= 0.3 is 0 Å². The second kappa shape index (κ2) is 6.90. The van der Waals surface area contributed by atoms with E-state index in [1.807, 2.05) is 4.90 Å². The van der Waals surface area contributed by atoms with Crippen molar-refractivity contribution in [2.24, 2.45) is 5.92 Å². The third-order valence-corrected chi connectivity index (χ3v) is 4.11. The summed E-state index contributed by atoms with van der Waals surface area (Å²) in [5.74, 6) is 0.621. The predicted molar refractivity (Wildman–Crippen MR) is 88.0 cm³/mol. The first-order chi connectivity index (χ1) is 9.88. The molecule has 1 aromatic carbocycles. The van der Waals surface area contributed by atoms with Gasteiger partial charge in [-0.2, -0.15) is 4.98 Å². The minimum absolute atomic E-state index is 0.0640. The Morgan fingerprint density at radius 1 is 1.19 bits per heavy atom. The maximum absolute atomic E-state index is 13.1. The number of nitrogens with zero attached hydrogens (tertiary/aromatic N) is 3. The number of anilines is 2. The zero-order chi connectivity index (χ0) is 15.6. The molecular formula is C14H13BrCl2FN3. The number of benzene rings is 1. The Kier molecular flexibility index (Phi) is 5.41. The molecule has 0 spiro atoms. The van der Waals surface area contributed by atoms with E-state index in [1.54, 1.807) is 12.1 Å². The monoisotopic (exact) mass is 391 g/mol. The van der Waals surface area contributed by atoms with Crippen molar-refractivity contribution < 1.29 is 4.39 Å². The summed E-state index contributed by atoms with van der Waals surface area (Å²) in [5.41, 5.74) is 0.802. The molecule has 0 unspecified atom stereocenters. The molecule has 21 heavy (non-hydrogen) atoms. The first-order valence-electron chi connectivity index (χ1n) is 6.30. The minimum atomic E-state index is -0.291. The van der Waals surface area contributed by atoms with Gasteiger partial charge in [0.1, 0.15) is 11.0 Å². The fraction of sp³-hybridized carbons (Fsp3) is 0.286. The van der Waals surface area contributed by atoms with Crippen LogP contribution >= 0.6 is 39.1 Å². The normalized spacial score (nSPS) is 11.0. The molecule has 0 fully saturated rings. The minimum Gasteiger partial charge on any atom is -0.325 e. The molecule has 7 heteroatoms. The van der Waals surface area contributed by atoms with Crippen LogP contribution in [0.5, 0.6) is 0 Å². The van der Waals surface area contributed by atoms with Gasteiger partial charge < -0.3 is 4.90 Å². The van der Waals surface area contributed by atoms with E-state index in [-0.39, 0.29) is 16.3 Å². The summed E-state index contributed by atoms with van der Waals surface area (Å²) >= 11 is 15.3. The van der Waals surface area contributed by atoms with Crippen LogP contribution in [-0.4, -0.2) is 16.5 Å². The van der Waals surface area contributed by atoms with Crippen LogP contribution in [0.3, 0.4) is 0 Å². The second-order valence-corrected chi connectivity index (χ2v) is 6.39. The number of hydrogen-bond donors (Lipinski definition) is 0. The Balaban J connectivity index is 2.52. The van der Waals surface area contributed by atoms with Gasteiger partial charge in [0.2, 0.25) is 5.28 Å². The van der Waals surface area contributed by atoms with Crippen molar-refractivity contribution >= 4 is 50.6 Å². The molecule has 3 nitrogen and oxygen atoms in total. The number of halogens is 4. The summed E-state index contributed by atoms with van der Waals surface area (Å²) in [4.78, 5) is 10.1. The summed E-state index contributed by atoms with van der Waals surface area (Å²) in [7, 11) is 0. The lowest BCUT2D eigenvalue weighted by molar-refractivity contribution is 0.625. The van der Waals surface area contributed by atoms with Gasteiger partial charge in [0.05, 0.1) is 4.47 Å². The molecule has 0 saturated carbocycles. The van der Waals surface area contributed by atoms with E-state index in [4.69, 9.17) is 23.2 Å². The van der Waals surface area contributed by atoms with Gasteiger partial charge in [-0.05, 0) is 57.7 Å². The van der Waals surface area contributed by atoms with Crippen molar-refractivity contribution in [3.05, 3.63) is 45.0 Å². The number of rotatable bonds is 4. The molecule has 0 amide bonds. The van der Waals surface area contributed by atoms with Gasteiger partial charge in [0.15, 0.2) is 5.82 Å². The van der Waals surface area contributed by atoms with Crippen LogP contribution in [0.25, 0.3) is 0 Å². The fourth-order valence-electron chi connectivity index (χ4n) is 1.86. The van der Waals surface area contributed by atoms with Gasteiger partial charge in [-0.25, -0.2) is 9.37 Å². The Morgan fingerprint density at radius 2 is 1.81 bits per heavy atom. The standard InChI is InChI=1S/C14H13BrCl2FN3/c1-8(2)7-21(10-5-3-9(18)4-6-10)13-11(15)12(16)19-14(17)20-13/h3-6,8H,7H2,1-2H3. The maximum atomic E-state index is 13.1. The largest absolute Gasteiger partial charge is 0.325 e. The Hall–Kier alpha value is -0.910. The van der Waals surface area contributed by atoms with Crippen molar-refractivity contribution in [3.63, 3.8) is 0 Å². The van der Waals surface area contributed by atoms with Crippen molar-refractivity contribution in [2.75, 3.05) is 11.4 Å². The molecule has 0 radical (unpaired) electrons. The average Bonchev–Trinajstić information content (AvgIpc) is 2.41. The van der Waals surface area contributed by atoms with Crippen molar-refractivity contribution in [2.45, 2.75) is 13.8 Å². The zero-order valence-electron chi connectivity index (χ0n) is 11.4. The van der Waals surface area contributed by atoms with Gasteiger partial charge in [-0.3, -0.25) is 0 Å². The molecule has 0 N–H and O–H groups in total. The van der Waals surface area contributed by atoms with Crippen LogP contribution in [0.1, 0.15) is 13.8 Å². The van der Waals surface area contributed by atoms with Gasteiger partial charge in [0.25, 0.3) is 0 Å². The van der Waals surface area contributed by atoms with Crippen LogP contribution in [0.2, 0.25) is 10.4 Å². The molecule has 0 bridgehead atoms. The van der Waals surface area contributed by atoms with E-state index >= 15 is 0 Å². The summed E-state index contributed by atoms with van der Waals surface area (Å²) in [5, 5.41) is 0.301. The second-order valence-electron chi connectivity index (χ2n) is 4.90. The predicted octanol–water partition coefficient (Wildman–Crippen LogP) is 5.48. The van der Waals surface area contributed by atoms with Crippen LogP contribution in [0, 0.1) is 11.7 Å². The Morgan fingerprint density at radius 3 is 2.38 bits per heavy atom. The van der Waals surface area contributed by atoms with Crippen LogP contribution in [0.4, 0.5) is 15.9 Å². The van der Waals surface area contributed by atoms with Crippen molar-refractivity contribution in [1.82, 2.24) is 9.97 Å². The van der Waals surface area contributed by atoms with Crippen LogP contribution < -0.4 is 4.90 Å². The van der Waals surface area contributed by atoms with E-state index in [2.05, 4.69) is 39.7 Å². The summed E-state index contributed by atoms with van der Waals surface area (Å²) in [6.45, 7) is 4.83. The molecular weight excluding hydrogens is 380 g/mol. The third-order valence-electron chi connectivity index (χ3n) is 2.71. The first-order valence-corrected chi connectivity index (χ1v) is 7.85. The first kappa shape index (κ1) is 16.5. The molecule has 0 aliphatic carbocycles. The fourth-order valence-corrected chi connectivity index (χ4v) is 2.63. The SMILES string of the molecule is CC(C)CN(c1ccc(F)cc1)c1nc(Cl)nc(Cl)c1Br. The Bertz CT molecular complexity index is 635. The molecule has 0 aliphatic rings. The molecule has 0 atom stereocenters.